The number of carbonyl (C=O) groups is 1. The first-order valence-electron chi connectivity index (χ1n) is 5.16. The van der Waals surface area contributed by atoms with Gasteiger partial charge in [-0.05, 0) is 0 Å². The predicted molar refractivity (Wildman–Crippen MR) is 53.0 cm³/mol. The number of nitrogens with one attached hydrogen (secondary N) is 1. The van der Waals surface area contributed by atoms with E-state index in [9.17, 15) is 18.0 Å². The molecule has 1 rings (SSSR count). The van der Waals surface area contributed by atoms with Gasteiger partial charge in [0.05, 0.1) is 0 Å². The standard InChI is InChI=1S/C9H16F3N3O/c1-14(8(16)9(10,11)12)6-7-15-4-2-13-3-5-15/h13H,2-7H2,1H3. The van der Waals surface area contributed by atoms with Gasteiger partial charge in [-0.25, -0.2) is 0 Å². The maximum absolute atomic E-state index is 12.1. The molecule has 0 saturated carbocycles. The Morgan fingerprint density at radius 3 is 2.44 bits per heavy atom. The fourth-order valence-corrected chi connectivity index (χ4v) is 1.54. The van der Waals surface area contributed by atoms with E-state index in [0.29, 0.717) is 6.54 Å². The summed E-state index contributed by atoms with van der Waals surface area (Å²) < 4.78 is 36.2. The first-order chi connectivity index (χ1) is 7.41. The Labute approximate surface area is 92.4 Å². The number of nitrogens with zero attached hydrogens (tertiary/aromatic N) is 2. The summed E-state index contributed by atoms with van der Waals surface area (Å²) >= 11 is 0. The third kappa shape index (κ3) is 3.97. The van der Waals surface area contributed by atoms with E-state index in [0.717, 1.165) is 31.1 Å². The highest BCUT2D eigenvalue weighted by molar-refractivity contribution is 5.81. The maximum atomic E-state index is 12.1. The number of rotatable bonds is 3. The van der Waals surface area contributed by atoms with E-state index in [1.54, 1.807) is 0 Å². The van der Waals surface area contributed by atoms with Gasteiger partial charge in [0.25, 0.3) is 0 Å². The van der Waals surface area contributed by atoms with Crippen LogP contribution < -0.4 is 5.32 Å². The maximum Gasteiger partial charge on any atom is 0.471 e. The number of hydrogen-bond donors (Lipinski definition) is 1. The summed E-state index contributed by atoms with van der Waals surface area (Å²) in [6, 6.07) is 0. The number of amides is 1. The van der Waals surface area contributed by atoms with Crippen LogP contribution >= 0.6 is 0 Å². The van der Waals surface area contributed by atoms with Crippen molar-refractivity contribution in [3.63, 3.8) is 0 Å². The van der Waals surface area contributed by atoms with Crippen LogP contribution in [0.1, 0.15) is 0 Å². The van der Waals surface area contributed by atoms with Crippen molar-refractivity contribution in [1.82, 2.24) is 15.1 Å². The predicted octanol–water partition coefficient (Wildman–Crippen LogP) is -0.0877. The Kier molecular flexibility index (Phi) is 4.55. The smallest absolute Gasteiger partial charge is 0.337 e. The van der Waals surface area contributed by atoms with Gasteiger partial charge in [0.1, 0.15) is 0 Å². The highest BCUT2D eigenvalue weighted by atomic mass is 19.4. The van der Waals surface area contributed by atoms with Crippen LogP contribution in [0, 0.1) is 0 Å². The van der Waals surface area contributed by atoms with E-state index >= 15 is 0 Å². The monoisotopic (exact) mass is 239 g/mol. The summed E-state index contributed by atoms with van der Waals surface area (Å²) in [5.41, 5.74) is 0. The zero-order chi connectivity index (χ0) is 12.2. The van der Waals surface area contributed by atoms with Gasteiger partial charge in [-0.3, -0.25) is 9.69 Å². The minimum atomic E-state index is -4.77. The van der Waals surface area contributed by atoms with E-state index in [1.807, 2.05) is 4.90 Å². The molecule has 1 amide bonds. The molecule has 0 atom stereocenters. The first kappa shape index (κ1) is 13.2. The molecule has 94 valence electrons. The van der Waals surface area contributed by atoms with Gasteiger partial charge < -0.3 is 10.2 Å². The van der Waals surface area contributed by atoms with Crippen LogP contribution in [0.25, 0.3) is 0 Å². The van der Waals surface area contributed by atoms with Gasteiger partial charge in [0.2, 0.25) is 0 Å². The number of hydrogen-bond acceptors (Lipinski definition) is 3. The molecule has 1 saturated heterocycles. The lowest BCUT2D eigenvalue weighted by Crippen LogP contribution is -2.48. The van der Waals surface area contributed by atoms with E-state index < -0.39 is 12.1 Å². The van der Waals surface area contributed by atoms with Gasteiger partial charge >= 0.3 is 12.1 Å². The number of alkyl halides is 3. The van der Waals surface area contributed by atoms with Crippen molar-refractivity contribution in [2.45, 2.75) is 6.18 Å². The van der Waals surface area contributed by atoms with Crippen LogP contribution in [0.15, 0.2) is 0 Å². The molecule has 0 unspecified atom stereocenters. The third-order valence-electron chi connectivity index (χ3n) is 2.55. The second-order valence-electron chi connectivity index (χ2n) is 3.82. The number of likely N-dealkylation sites (N-methyl/N-ethyl adjacent to an activating group) is 1. The lowest BCUT2D eigenvalue weighted by atomic mass is 10.3. The zero-order valence-corrected chi connectivity index (χ0v) is 9.18. The van der Waals surface area contributed by atoms with Crippen LogP contribution in [-0.2, 0) is 4.79 Å². The van der Waals surface area contributed by atoms with Crippen molar-refractivity contribution in [2.75, 3.05) is 46.3 Å². The topological polar surface area (TPSA) is 35.6 Å². The van der Waals surface area contributed by atoms with E-state index in [1.165, 1.54) is 7.05 Å². The molecule has 0 aromatic rings. The molecule has 16 heavy (non-hydrogen) atoms. The van der Waals surface area contributed by atoms with Crippen molar-refractivity contribution in [3.8, 4) is 0 Å². The summed E-state index contributed by atoms with van der Waals surface area (Å²) in [4.78, 5) is 13.6. The van der Waals surface area contributed by atoms with Crippen LogP contribution in [0.4, 0.5) is 13.2 Å². The lowest BCUT2D eigenvalue weighted by molar-refractivity contribution is -0.184. The van der Waals surface area contributed by atoms with E-state index in [-0.39, 0.29) is 6.54 Å². The molecule has 0 aromatic heterocycles. The second kappa shape index (κ2) is 5.49. The molecular formula is C9H16F3N3O. The van der Waals surface area contributed by atoms with Crippen molar-refractivity contribution in [3.05, 3.63) is 0 Å². The third-order valence-corrected chi connectivity index (χ3v) is 2.55. The fourth-order valence-electron chi connectivity index (χ4n) is 1.54. The van der Waals surface area contributed by atoms with Crippen molar-refractivity contribution in [2.24, 2.45) is 0 Å². The number of piperazine rings is 1. The molecule has 0 radical (unpaired) electrons. The Balaban J connectivity index is 2.28. The average Bonchev–Trinajstić information content (AvgIpc) is 2.25. The number of carbonyl (C=O) groups excluding carboxylic acids is 1. The Morgan fingerprint density at radius 2 is 1.94 bits per heavy atom. The molecule has 1 heterocycles. The minimum absolute atomic E-state index is 0.109. The average molecular weight is 239 g/mol. The zero-order valence-electron chi connectivity index (χ0n) is 9.18. The Morgan fingerprint density at radius 1 is 1.38 bits per heavy atom. The molecule has 7 heteroatoms. The lowest BCUT2D eigenvalue weighted by Gasteiger charge is -2.29. The van der Waals surface area contributed by atoms with E-state index in [4.69, 9.17) is 0 Å². The quantitative estimate of drug-likeness (QED) is 0.748. The van der Waals surface area contributed by atoms with Crippen molar-refractivity contribution < 1.29 is 18.0 Å². The molecule has 0 aliphatic carbocycles. The van der Waals surface area contributed by atoms with Crippen LogP contribution in [0.2, 0.25) is 0 Å². The van der Waals surface area contributed by atoms with Crippen LogP contribution in [0.5, 0.6) is 0 Å². The summed E-state index contributed by atoms with van der Waals surface area (Å²) in [6.45, 7) is 3.91. The molecule has 0 aromatic carbocycles. The highest BCUT2D eigenvalue weighted by Crippen LogP contribution is 2.17. The highest BCUT2D eigenvalue weighted by Gasteiger charge is 2.41. The molecule has 1 N–H and O–H groups in total. The van der Waals surface area contributed by atoms with Crippen molar-refractivity contribution >= 4 is 5.91 Å². The van der Waals surface area contributed by atoms with Crippen LogP contribution in [-0.4, -0.2) is 68.2 Å². The summed E-state index contributed by atoms with van der Waals surface area (Å²) in [6.07, 6.45) is -4.77. The molecule has 1 fully saturated rings. The van der Waals surface area contributed by atoms with E-state index in [2.05, 4.69) is 5.32 Å². The van der Waals surface area contributed by atoms with Gasteiger partial charge in [-0.2, -0.15) is 13.2 Å². The summed E-state index contributed by atoms with van der Waals surface area (Å²) in [5, 5.41) is 3.15. The van der Waals surface area contributed by atoms with Gasteiger partial charge in [0.15, 0.2) is 0 Å². The van der Waals surface area contributed by atoms with Gasteiger partial charge in [0, 0.05) is 46.3 Å². The normalized spacial score (nSPS) is 18.5. The first-order valence-corrected chi connectivity index (χ1v) is 5.16. The number of halogens is 3. The van der Waals surface area contributed by atoms with Gasteiger partial charge in [-0.15, -0.1) is 0 Å². The molecular weight excluding hydrogens is 223 g/mol. The SMILES string of the molecule is CN(CCN1CCNCC1)C(=O)C(F)(F)F. The molecule has 1 aliphatic rings. The minimum Gasteiger partial charge on any atom is -0.337 e. The largest absolute Gasteiger partial charge is 0.471 e. The fraction of sp³-hybridized carbons (Fsp3) is 0.889. The van der Waals surface area contributed by atoms with Crippen molar-refractivity contribution in [1.29, 1.82) is 0 Å². The Hall–Kier alpha value is -0.820. The summed E-state index contributed by atoms with van der Waals surface area (Å²) in [7, 11) is 1.18. The van der Waals surface area contributed by atoms with Crippen LogP contribution in [0.3, 0.4) is 0 Å². The summed E-state index contributed by atoms with van der Waals surface area (Å²) in [5.74, 6) is -1.78. The molecule has 4 nitrogen and oxygen atoms in total. The Bertz CT molecular complexity index is 239. The van der Waals surface area contributed by atoms with Gasteiger partial charge in [-0.1, -0.05) is 0 Å². The molecule has 1 aliphatic heterocycles. The molecule has 0 spiro atoms. The second-order valence-corrected chi connectivity index (χ2v) is 3.82. The molecule has 0 bridgehead atoms.